The normalized spacial score (nSPS) is 15.5. The second-order valence-electron chi connectivity index (χ2n) is 6.31. The number of carbonyl (C=O) groups excluding carboxylic acids is 1. The highest BCUT2D eigenvalue weighted by Crippen LogP contribution is 2.30. The van der Waals surface area contributed by atoms with Crippen molar-refractivity contribution in [2.24, 2.45) is 5.92 Å². The lowest BCUT2D eigenvalue weighted by Crippen LogP contribution is -2.29. The van der Waals surface area contributed by atoms with Crippen LogP contribution in [0.5, 0.6) is 11.5 Å². The van der Waals surface area contributed by atoms with Gasteiger partial charge in [0.2, 0.25) is 0 Å². The first-order chi connectivity index (χ1) is 13.2. The molecule has 6 heteroatoms. The molecule has 1 aromatic heterocycles. The average molecular weight is 365 g/mol. The van der Waals surface area contributed by atoms with E-state index in [1.807, 2.05) is 48.5 Å². The first-order valence-corrected chi connectivity index (χ1v) is 8.71. The Hall–Kier alpha value is -3.28. The Morgan fingerprint density at radius 2 is 2.00 bits per heavy atom. The molecule has 0 saturated heterocycles. The molecular weight excluding hydrogens is 346 g/mol. The minimum absolute atomic E-state index is 0.0269. The van der Waals surface area contributed by atoms with Crippen LogP contribution in [-0.2, 0) is 22.6 Å². The van der Waals surface area contributed by atoms with Gasteiger partial charge in [-0.3, -0.25) is 4.79 Å². The van der Waals surface area contributed by atoms with Crippen molar-refractivity contribution < 1.29 is 23.5 Å². The van der Waals surface area contributed by atoms with Crippen LogP contribution in [-0.4, -0.2) is 24.8 Å². The average Bonchev–Trinajstić information content (AvgIpc) is 3.20. The molecule has 0 unspecified atom stereocenters. The first-order valence-electron chi connectivity index (χ1n) is 8.71. The molecule has 0 spiro atoms. The fourth-order valence-corrected chi connectivity index (χ4v) is 3.10. The molecule has 0 saturated carbocycles. The van der Waals surface area contributed by atoms with Crippen LogP contribution < -0.4 is 9.47 Å². The molecule has 2 heterocycles. The molecular formula is C21H19NO5. The smallest absolute Gasteiger partial charge is 0.313 e. The molecule has 1 aliphatic rings. The minimum atomic E-state index is -0.323. The molecule has 0 aliphatic carbocycles. The monoisotopic (exact) mass is 365 g/mol. The van der Waals surface area contributed by atoms with Crippen LogP contribution in [0.1, 0.15) is 11.3 Å². The number of benzene rings is 2. The lowest BCUT2D eigenvalue weighted by Gasteiger charge is -2.23. The van der Waals surface area contributed by atoms with E-state index < -0.39 is 0 Å². The molecule has 1 atom stereocenters. The summed E-state index contributed by atoms with van der Waals surface area (Å²) in [4.78, 5) is 12.4. The number of rotatable bonds is 5. The Morgan fingerprint density at radius 1 is 1.19 bits per heavy atom. The van der Waals surface area contributed by atoms with Gasteiger partial charge in [0, 0.05) is 11.6 Å². The molecule has 4 rings (SSSR count). The lowest BCUT2D eigenvalue weighted by atomic mass is 9.97. The summed E-state index contributed by atoms with van der Waals surface area (Å²) < 4.78 is 21.7. The summed E-state index contributed by atoms with van der Waals surface area (Å²) in [6.45, 7) is 0.345. The maximum absolute atomic E-state index is 12.4. The zero-order valence-electron chi connectivity index (χ0n) is 14.9. The van der Waals surface area contributed by atoms with Crippen molar-refractivity contribution in [3.05, 3.63) is 65.9 Å². The second-order valence-corrected chi connectivity index (χ2v) is 6.31. The lowest BCUT2D eigenvalue weighted by molar-refractivity contribution is -0.152. The third-order valence-corrected chi connectivity index (χ3v) is 4.51. The van der Waals surface area contributed by atoms with Gasteiger partial charge >= 0.3 is 5.97 Å². The quantitative estimate of drug-likeness (QED) is 0.643. The number of methoxy groups -OCH3 is 1. The van der Waals surface area contributed by atoms with E-state index in [1.54, 1.807) is 13.2 Å². The summed E-state index contributed by atoms with van der Waals surface area (Å²) in [6, 6.07) is 17.0. The van der Waals surface area contributed by atoms with Gasteiger partial charge < -0.3 is 18.7 Å². The van der Waals surface area contributed by atoms with Crippen LogP contribution in [0.3, 0.4) is 0 Å². The highest BCUT2D eigenvalue weighted by atomic mass is 16.6. The van der Waals surface area contributed by atoms with E-state index in [-0.39, 0.29) is 18.5 Å². The van der Waals surface area contributed by atoms with Crippen molar-refractivity contribution in [1.29, 1.82) is 0 Å². The van der Waals surface area contributed by atoms with E-state index in [0.717, 1.165) is 16.9 Å². The van der Waals surface area contributed by atoms with E-state index in [9.17, 15) is 4.79 Å². The Morgan fingerprint density at radius 3 is 2.89 bits per heavy atom. The number of fused-ring (bicyclic) bond motifs is 1. The van der Waals surface area contributed by atoms with Gasteiger partial charge in [0.15, 0.2) is 12.4 Å². The van der Waals surface area contributed by atoms with Crippen molar-refractivity contribution >= 4 is 5.97 Å². The van der Waals surface area contributed by atoms with Crippen LogP contribution in [0.2, 0.25) is 0 Å². The number of esters is 1. The molecule has 0 fully saturated rings. The zero-order chi connectivity index (χ0) is 18.6. The van der Waals surface area contributed by atoms with Gasteiger partial charge in [-0.2, -0.15) is 0 Å². The number of para-hydroxylation sites is 2. The molecule has 27 heavy (non-hydrogen) atoms. The van der Waals surface area contributed by atoms with Gasteiger partial charge in [-0.25, -0.2) is 0 Å². The molecule has 0 bridgehead atoms. The van der Waals surface area contributed by atoms with E-state index >= 15 is 0 Å². The van der Waals surface area contributed by atoms with Crippen molar-refractivity contribution in [3.63, 3.8) is 0 Å². The van der Waals surface area contributed by atoms with Crippen LogP contribution in [0.25, 0.3) is 11.3 Å². The molecule has 0 radical (unpaired) electrons. The molecule has 2 aromatic carbocycles. The number of hydrogen-bond donors (Lipinski definition) is 0. The van der Waals surface area contributed by atoms with Crippen LogP contribution >= 0.6 is 0 Å². The maximum atomic E-state index is 12.4. The Balaban J connectivity index is 1.38. The summed E-state index contributed by atoms with van der Waals surface area (Å²) in [5.41, 5.74) is 2.47. The van der Waals surface area contributed by atoms with Gasteiger partial charge in [0.05, 0.1) is 13.0 Å². The fourth-order valence-electron chi connectivity index (χ4n) is 3.10. The van der Waals surface area contributed by atoms with E-state index in [4.69, 9.17) is 18.7 Å². The predicted octanol–water partition coefficient (Wildman–Crippen LogP) is 3.64. The van der Waals surface area contributed by atoms with Gasteiger partial charge in [0.1, 0.15) is 23.8 Å². The third kappa shape index (κ3) is 3.65. The largest absolute Gasteiger partial charge is 0.496 e. The van der Waals surface area contributed by atoms with Gasteiger partial charge in [0.25, 0.3) is 0 Å². The molecule has 1 aliphatic heterocycles. The van der Waals surface area contributed by atoms with Gasteiger partial charge in [-0.05, 0) is 30.2 Å². The van der Waals surface area contributed by atoms with Crippen LogP contribution in [0.15, 0.2) is 59.1 Å². The first kappa shape index (κ1) is 17.1. The van der Waals surface area contributed by atoms with Crippen molar-refractivity contribution in [3.8, 4) is 22.8 Å². The fraction of sp³-hybridized carbons (Fsp3) is 0.238. The van der Waals surface area contributed by atoms with E-state index in [0.29, 0.717) is 30.2 Å². The summed E-state index contributed by atoms with van der Waals surface area (Å²) in [7, 11) is 1.60. The van der Waals surface area contributed by atoms with Crippen molar-refractivity contribution in [2.75, 3.05) is 13.7 Å². The Bertz CT molecular complexity index is 949. The standard InChI is InChI=1S/C21H19NO5/c1-24-20-9-5-3-7-17(20)18-11-16(27-22-18)13-26-21(23)15-10-14-6-2-4-8-19(14)25-12-15/h2-9,11,15H,10,12-13H2,1H3/t15-/m0/s1. The second kappa shape index (κ2) is 7.53. The zero-order valence-corrected chi connectivity index (χ0v) is 14.9. The summed E-state index contributed by atoms with van der Waals surface area (Å²) in [5, 5.41) is 4.04. The molecule has 3 aromatic rings. The third-order valence-electron chi connectivity index (χ3n) is 4.51. The number of ether oxygens (including phenoxy) is 3. The number of aromatic nitrogens is 1. The number of nitrogens with zero attached hydrogens (tertiary/aromatic N) is 1. The Labute approximate surface area is 156 Å². The molecule has 0 amide bonds. The van der Waals surface area contributed by atoms with Crippen LogP contribution in [0, 0.1) is 5.92 Å². The van der Waals surface area contributed by atoms with E-state index in [2.05, 4.69) is 5.16 Å². The van der Waals surface area contributed by atoms with Gasteiger partial charge in [-0.15, -0.1) is 0 Å². The van der Waals surface area contributed by atoms with Crippen molar-refractivity contribution in [1.82, 2.24) is 5.16 Å². The summed E-state index contributed by atoms with van der Waals surface area (Å²) in [5.74, 6) is 1.38. The topological polar surface area (TPSA) is 70.8 Å². The maximum Gasteiger partial charge on any atom is 0.313 e. The Kier molecular flexibility index (Phi) is 4.78. The number of carbonyl (C=O) groups is 1. The molecule has 6 nitrogen and oxygen atoms in total. The van der Waals surface area contributed by atoms with Crippen LogP contribution in [0.4, 0.5) is 0 Å². The molecule has 138 valence electrons. The van der Waals surface area contributed by atoms with Crippen molar-refractivity contribution in [2.45, 2.75) is 13.0 Å². The number of hydrogen-bond acceptors (Lipinski definition) is 6. The molecule has 0 N–H and O–H groups in total. The van der Waals surface area contributed by atoms with E-state index in [1.165, 1.54) is 0 Å². The summed E-state index contributed by atoms with van der Waals surface area (Å²) >= 11 is 0. The highest BCUT2D eigenvalue weighted by molar-refractivity contribution is 5.73. The predicted molar refractivity (Wildman–Crippen MR) is 97.4 cm³/mol. The minimum Gasteiger partial charge on any atom is -0.496 e. The van der Waals surface area contributed by atoms with Gasteiger partial charge in [-0.1, -0.05) is 35.5 Å². The SMILES string of the molecule is COc1ccccc1-c1cc(COC(=O)[C@@H]2COc3ccccc3C2)on1. The summed E-state index contributed by atoms with van der Waals surface area (Å²) in [6.07, 6.45) is 0.609. The highest BCUT2D eigenvalue weighted by Gasteiger charge is 2.27.